The molecule has 0 aromatic heterocycles. The topological polar surface area (TPSA) is 32.5 Å². The second-order valence-electron chi connectivity index (χ2n) is 5.23. The van der Waals surface area contributed by atoms with Gasteiger partial charge in [-0.05, 0) is 37.7 Å². The fourth-order valence-corrected chi connectivity index (χ4v) is 2.64. The number of benzene rings is 1. The zero-order valence-electron chi connectivity index (χ0n) is 11.4. The maximum atomic E-state index is 13.4. The third-order valence-electron chi connectivity index (χ3n) is 3.77. The van der Waals surface area contributed by atoms with Gasteiger partial charge in [-0.15, -0.1) is 0 Å². The fourth-order valence-electron chi connectivity index (χ4n) is 2.44. The van der Waals surface area contributed by atoms with E-state index in [0.717, 1.165) is 30.8 Å². The average Bonchev–Trinajstić information content (AvgIpc) is 2.33. The molecule has 0 radical (unpaired) electrons. The molecule has 1 aliphatic heterocycles. The van der Waals surface area contributed by atoms with Gasteiger partial charge in [0.2, 0.25) is 0 Å². The molecule has 2 rings (SSSR count). The maximum Gasteiger partial charge on any atom is 0.123 e. The van der Waals surface area contributed by atoms with Crippen LogP contribution in [0.5, 0.6) is 0 Å². The summed E-state index contributed by atoms with van der Waals surface area (Å²) in [7, 11) is 2.13. The molecule has 0 aliphatic carbocycles. The number of hydrogen-bond acceptors (Lipinski definition) is 3. The first-order valence-electron chi connectivity index (χ1n) is 6.48. The van der Waals surface area contributed by atoms with E-state index in [4.69, 9.17) is 18.0 Å². The fraction of sp³-hybridized carbons (Fsp3) is 0.500. The lowest BCUT2D eigenvalue weighted by Crippen LogP contribution is -2.49. The molecule has 0 spiro atoms. The Morgan fingerprint density at radius 3 is 2.84 bits per heavy atom. The number of rotatable bonds is 3. The van der Waals surface area contributed by atoms with Crippen LogP contribution in [-0.4, -0.2) is 47.5 Å². The highest BCUT2D eigenvalue weighted by Crippen LogP contribution is 2.16. The van der Waals surface area contributed by atoms with E-state index >= 15 is 0 Å². The van der Waals surface area contributed by atoms with Crippen molar-refractivity contribution in [2.45, 2.75) is 19.5 Å². The van der Waals surface area contributed by atoms with Crippen molar-refractivity contribution < 1.29 is 4.39 Å². The zero-order chi connectivity index (χ0) is 14.0. The molecule has 104 valence electrons. The van der Waals surface area contributed by atoms with Crippen LogP contribution in [0.1, 0.15) is 18.1 Å². The first-order chi connectivity index (χ1) is 8.97. The van der Waals surface area contributed by atoms with Crippen LogP contribution in [0, 0.1) is 5.82 Å². The highest BCUT2D eigenvalue weighted by atomic mass is 32.1. The monoisotopic (exact) mass is 281 g/mol. The summed E-state index contributed by atoms with van der Waals surface area (Å²) in [6.45, 7) is 5.88. The van der Waals surface area contributed by atoms with Crippen molar-refractivity contribution in [3.8, 4) is 0 Å². The van der Waals surface area contributed by atoms with Crippen LogP contribution < -0.4 is 5.73 Å². The maximum absolute atomic E-state index is 13.4. The Balaban J connectivity index is 2.14. The summed E-state index contributed by atoms with van der Waals surface area (Å²) < 4.78 is 13.4. The second-order valence-corrected chi connectivity index (χ2v) is 5.67. The average molecular weight is 281 g/mol. The molecular formula is C14H20FN3S. The first-order valence-corrected chi connectivity index (χ1v) is 6.89. The molecule has 5 heteroatoms. The van der Waals surface area contributed by atoms with Gasteiger partial charge >= 0.3 is 0 Å². The number of halogens is 1. The summed E-state index contributed by atoms with van der Waals surface area (Å²) in [6.07, 6.45) is 0. The summed E-state index contributed by atoms with van der Waals surface area (Å²) in [5.41, 5.74) is 7.36. The number of nitrogens with two attached hydrogens (primary N) is 1. The molecule has 0 bridgehead atoms. The van der Waals surface area contributed by atoms with Crippen LogP contribution in [0.4, 0.5) is 4.39 Å². The van der Waals surface area contributed by atoms with Crippen molar-refractivity contribution in [2.75, 3.05) is 26.7 Å². The zero-order valence-corrected chi connectivity index (χ0v) is 12.2. The summed E-state index contributed by atoms with van der Waals surface area (Å²) >= 11 is 5.03. The van der Waals surface area contributed by atoms with E-state index in [2.05, 4.69) is 23.8 Å². The lowest BCUT2D eigenvalue weighted by atomic mass is 10.1. The molecule has 0 amide bonds. The Morgan fingerprint density at radius 2 is 2.21 bits per heavy atom. The minimum atomic E-state index is -0.239. The van der Waals surface area contributed by atoms with Crippen LogP contribution in [0.15, 0.2) is 18.2 Å². The number of piperazine rings is 1. The van der Waals surface area contributed by atoms with E-state index in [0.29, 0.717) is 17.6 Å². The molecule has 2 N–H and O–H groups in total. The van der Waals surface area contributed by atoms with Crippen molar-refractivity contribution in [1.82, 2.24) is 9.80 Å². The van der Waals surface area contributed by atoms with Crippen LogP contribution in [0.2, 0.25) is 0 Å². The highest BCUT2D eigenvalue weighted by Gasteiger charge is 2.21. The Morgan fingerprint density at radius 1 is 1.47 bits per heavy atom. The predicted molar refractivity (Wildman–Crippen MR) is 79.7 cm³/mol. The standard InChI is InChI=1S/C14H20FN3S/c1-10-8-18(6-5-17(10)2)9-11-7-12(15)3-4-13(11)14(16)19/h3-4,7,10H,5-6,8-9H2,1-2H3,(H2,16,19). The van der Waals surface area contributed by atoms with Gasteiger partial charge in [-0.2, -0.15) is 0 Å². The third kappa shape index (κ3) is 3.49. The molecule has 1 aliphatic rings. The molecular weight excluding hydrogens is 261 g/mol. The van der Waals surface area contributed by atoms with Gasteiger partial charge in [0.15, 0.2) is 0 Å². The van der Waals surface area contributed by atoms with Crippen molar-refractivity contribution in [2.24, 2.45) is 5.73 Å². The van der Waals surface area contributed by atoms with E-state index in [1.165, 1.54) is 12.1 Å². The smallest absolute Gasteiger partial charge is 0.123 e. The largest absolute Gasteiger partial charge is 0.389 e. The Labute approximate surface area is 119 Å². The Bertz CT molecular complexity index is 478. The van der Waals surface area contributed by atoms with Crippen molar-refractivity contribution in [1.29, 1.82) is 0 Å². The number of thiocarbonyl (C=S) groups is 1. The molecule has 1 heterocycles. The van der Waals surface area contributed by atoms with Crippen molar-refractivity contribution in [3.63, 3.8) is 0 Å². The van der Waals surface area contributed by atoms with E-state index < -0.39 is 0 Å². The predicted octanol–water partition coefficient (Wildman–Crippen LogP) is 1.60. The van der Waals surface area contributed by atoms with Gasteiger partial charge < -0.3 is 10.6 Å². The van der Waals surface area contributed by atoms with Gasteiger partial charge in [0, 0.05) is 37.8 Å². The van der Waals surface area contributed by atoms with Crippen LogP contribution in [0.25, 0.3) is 0 Å². The quantitative estimate of drug-likeness (QED) is 0.853. The Hall–Kier alpha value is -1.04. The molecule has 1 unspecified atom stereocenters. The summed E-state index contributed by atoms with van der Waals surface area (Å²) in [6, 6.07) is 5.13. The van der Waals surface area contributed by atoms with E-state index in [1.807, 2.05) is 0 Å². The molecule has 1 saturated heterocycles. The molecule has 1 aromatic rings. The van der Waals surface area contributed by atoms with Gasteiger partial charge in [-0.1, -0.05) is 12.2 Å². The van der Waals surface area contributed by atoms with Gasteiger partial charge in [-0.25, -0.2) is 4.39 Å². The molecule has 1 fully saturated rings. The van der Waals surface area contributed by atoms with Crippen LogP contribution in [0.3, 0.4) is 0 Å². The van der Waals surface area contributed by atoms with Gasteiger partial charge in [0.1, 0.15) is 10.8 Å². The first kappa shape index (κ1) is 14.4. The lowest BCUT2D eigenvalue weighted by molar-refractivity contribution is 0.0999. The van der Waals surface area contributed by atoms with Gasteiger partial charge in [0.25, 0.3) is 0 Å². The SMILES string of the molecule is CC1CN(Cc2cc(F)ccc2C(N)=S)CCN1C. The van der Waals surface area contributed by atoms with Crippen molar-refractivity contribution >= 4 is 17.2 Å². The summed E-state index contributed by atoms with van der Waals surface area (Å²) in [5.74, 6) is -0.239. The highest BCUT2D eigenvalue weighted by molar-refractivity contribution is 7.80. The number of nitrogens with zero attached hydrogens (tertiary/aromatic N) is 2. The molecule has 19 heavy (non-hydrogen) atoms. The van der Waals surface area contributed by atoms with E-state index in [9.17, 15) is 4.39 Å². The van der Waals surface area contributed by atoms with Crippen LogP contribution >= 0.6 is 12.2 Å². The van der Waals surface area contributed by atoms with Crippen molar-refractivity contribution in [3.05, 3.63) is 35.1 Å². The summed E-state index contributed by atoms with van der Waals surface area (Å²) in [4.78, 5) is 4.98. The third-order valence-corrected chi connectivity index (χ3v) is 3.99. The number of likely N-dealkylation sites (N-methyl/N-ethyl adjacent to an activating group) is 1. The second kappa shape index (κ2) is 5.94. The minimum absolute atomic E-state index is 0.239. The Kier molecular flexibility index (Phi) is 4.50. The van der Waals surface area contributed by atoms with Crippen LogP contribution in [-0.2, 0) is 6.54 Å². The summed E-state index contributed by atoms with van der Waals surface area (Å²) in [5, 5.41) is 0. The van der Waals surface area contributed by atoms with E-state index in [-0.39, 0.29) is 5.82 Å². The van der Waals surface area contributed by atoms with Gasteiger partial charge in [0.05, 0.1) is 0 Å². The number of hydrogen-bond donors (Lipinski definition) is 1. The van der Waals surface area contributed by atoms with E-state index in [1.54, 1.807) is 6.07 Å². The molecule has 0 saturated carbocycles. The molecule has 1 aromatic carbocycles. The molecule has 3 nitrogen and oxygen atoms in total. The lowest BCUT2D eigenvalue weighted by Gasteiger charge is -2.37. The van der Waals surface area contributed by atoms with Gasteiger partial charge in [-0.3, -0.25) is 4.90 Å². The normalized spacial score (nSPS) is 21.5. The minimum Gasteiger partial charge on any atom is -0.389 e. The molecule has 1 atom stereocenters.